The van der Waals surface area contributed by atoms with Crippen molar-refractivity contribution in [1.29, 1.82) is 0 Å². The number of allylic oxidation sites excluding steroid dienone is 2. The fourth-order valence-electron chi connectivity index (χ4n) is 6.07. The number of nitrogens with one attached hydrogen (secondary N) is 1. The third-order valence-electron chi connectivity index (χ3n) is 7.85. The number of rotatable bonds is 12. The normalized spacial score (nSPS) is 31.6. The number of hydrogen-bond donors (Lipinski definition) is 2. The molecule has 7 nitrogen and oxygen atoms in total. The van der Waals surface area contributed by atoms with Crippen molar-refractivity contribution in [3.05, 3.63) is 12.2 Å². The van der Waals surface area contributed by atoms with Gasteiger partial charge in [0, 0.05) is 18.9 Å². The van der Waals surface area contributed by atoms with Crippen molar-refractivity contribution in [3.8, 4) is 0 Å². The number of hydrogen-bond acceptors (Lipinski definition) is 5. The number of aliphatic carboxylic acids is 1. The molecule has 1 saturated carbocycles. The highest BCUT2D eigenvalue weighted by atomic mass is 16.5. The molecular formula is C26H40N2O5. The van der Waals surface area contributed by atoms with Gasteiger partial charge in [-0.15, -0.1) is 0 Å². The van der Waals surface area contributed by atoms with E-state index in [1.54, 1.807) is 0 Å². The van der Waals surface area contributed by atoms with Crippen molar-refractivity contribution in [1.82, 2.24) is 5.32 Å². The highest BCUT2D eigenvalue weighted by molar-refractivity contribution is 5.90. The molecule has 0 aromatic rings. The molecule has 4 rings (SSSR count). The zero-order valence-corrected chi connectivity index (χ0v) is 19.8. The molecule has 4 aliphatic rings. The van der Waals surface area contributed by atoms with Crippen LogP contribution in [-0.2, 0) is 19.1 Å². The van der Waals surface area contributed by atoms with Gasteiger partial charge in [-0.1, -0.05) is 57.1 Å². The number of amides is 1. The van der Waals surface area contributed by atoms with Gasteiger partial charge in [-0.25, -0.2) is 4.99 Å². The largest absolute Gasteiger partial charge is 0.481 e. The first-order valence-corrected chi connectivity index (χ1v) is 13.1. The van der Waals surface area contributed by atoms with Crippen molar-refractivity contribution in [2.45, 2.75) is 102 Å². The van der Waals surface area contributed by atoms with E-state index in [2.05, 4.69) is 16.4 Å². The quantitative estimate of drug-likeness (QED) is 0.335. The molecule has 0 aromatic heterocycles. The number of carbonyl (C=O) groups is 2. The van der Waals surface area contributed by atoms with Gasteiger partial charge in [-0.05, 0) is 38.0 Å². The van der Waals surface area contributed by atoms with Gasteiger partial charge >= 0.3 is 5.97 Å². The van der Waals surface area contributed by atoms with Crippen molar-refractivity contribution < 1.29 is 24.2 Å². The van der Waals surface area contributed by atoms with Gasteiger partial charge in [0.25, 0.3) is 0 Å². The summed E-state index contributed by atoms with van der Waals surface area (Å²) in [5.41, 5.74) is 0. The Kier molecular flexibility index (Phi) is 8.82. The second-order valence-electron chi connectivity index (χ2n) is 10.2. The maximum absolute atomic E-state index is 12.6. The van der Waals surface area contributed by atoms with Crippen LogP contribution in [0.5, 0.6) is 0 Å². The molecule has 2 saturated heterocycles. The van der Waals surface area contributed by atoms with E-state index in [-0.39, 0.29) is 36.4 Å². The smallest absolute Gasteiger partial charge is 0.303 e. The van der Waals surface area contributed by atoms with Gasteiger partial charge in [-0.2, -0.15) is 0 Å². The molecule has 0 spiro atoms. The molecule has 0 radical (unpaired) electrons. The molecule has 3 aliphatic heterocycles. The van der Waals surface area contributed by atoms with Crippen LogP contribution in [0.15, 0.2) is 17.1 Å². The average Bonchev–Trinajstić information content (AvgIpc) is 3.55. The Morgan fingerprint density at radius 1 is 1.06 bits per heavy atom. The number of ether oxygens (including phenoxy) is 2. The lowest BCUT2D eigenvalue weighted by Gasteiger charge is -2.26. The van der Waals surface area contributed by atoms with Gasteiger partial charge in [0.1, 0.15) is 6.61 Å². The molecule has 7 heteroatoms. The molecule has 2 N–H and O–H groups in total. The molecule has 3 fully saturated rings. The van der Waals surface area contributed by atoms with Crippen LogP contribution in [-0.4, -0.2) is 54.3 Å². The van der Waals surface area contributed by atoms with Crippen LogP contribution >= 0.6 is 0 Å². The molecular weight excluding hydrogens is 420 g/mol. The van der Waals surface area contributed by atoms with E-state index in [0.717, 1.165) is 31.6 Å². The summed E-state index contributed by atoms with van der Waals surface area (Å²) < 4.78 is 12.1. The molecule has 1 amide bonds. The fourth-order valence-corrected chi connectivity index (χ4v) is 6.07. The number of carbonyl (C=O) groups excluding carboxylic acids is 1. The summed E-state index contributed by atoms with van der Waals surface area (Å²) in [6.07, 6.45) is 18.4. The number of unbranched alkanes of at least 4 members (excludes halogenated alkanes) is 1. The molecule has 1 aliphatic carbocycles. The Morgan fingerprint density at radius 3 is 2.70 bits per heavy atom. The topological polar surface area (TPSA) is 97.2 Å². The third kappa shape index (κ3) is 6.58. The van der Waals surface area contributed by atoms with Crippen molar-refractivity contribution in [2.75, 3.05) is 13.2 Å². The highest BCUT2D eigenvalue weighted by Gasteiger charge is 2.52. The first kappa shape index (κ1) is 24.2. The SMILES string of the molecule is O=C(O)CC/C=C\C[C@@H]1[C@H](C2=NC(C(=O)NCCCCC3CCCCC3)CO2)[C@H]2CC[C@@H]1O2. The van der Waals surface area contributed by atoms with Gasteiger partial charge in [0.2, 0.25) is 5.91 Å². The summed E-state index contributed by atoms with van der Waals surface area (Å²) in [6, 6.07) is -0.454. The Balaban J connectivity index is 1.21. The first-order valence-electron chi connectivity index (χ1n) is 13.1. The molecule has 2 bridgehead atoms. The first-order chi connectivity index (χ1) is 16.1. The highest BCUT2D eigenvalue weighted by Crippen LogP contribution is 2.46. The van der Waals surface area contributed by atoms with Crippen molar-refractivity contribution in [3.63, 3.8) is 0 Å². The molecule has 0 aromatic carbocycles. The standard InChI is InChI=1S/C26H40N2O5/c29-23(30)13-6-2-5-12-19-21-14-15-22(33-21)24(19)26-28-20(17-32-26)25(31)27-16-8-7-11-18-9-3-1-4-10-18/h2,5,18-22,24H,1,3-4,6-17H2,(H,27,31)(H,29,30)/b5-2-/t19-,20?,21-,22+,24-/m0/s1. The molecule has 3 heterocycles. The maximum atomic E-state index is 12.6. The Bertz CT molecular complexity index is 730. The van der Waals surface area contributed by atoms with Crippen LogP contribution in [0.1, 0.15) is 83.5 Å². The van der Waals surface area contributed by atoms with Crippen LogP contribution in [0.4, 0.5) is 0 Å². The fraction of sp³-hybridized carbons (Fsp3) is 0.808. The van der Waals surface area contributed by atoms with Gasteiger partial charge in [0.15, 0.2) is 11.9 Å². The minimum atomic E-state index is -0.775. The zero-order chi connectivity index (χ0) is 23.0. The predicted molar refractivity (Wildman–Crippen MR) is 126 cm³/mol. The second kappa shape index (κ2) is 12.0. The predicted octanol–water partition coefficient (Wildman–Crippen LogP) is 4.26. The minimum Gasteiger partial charge on any atom is -0.481 e. The molecule has 5 atom stereocenters. The number of carboxylic acids is 1. The second-order valence-corrected chi connectivity index (χ2v) is 10.2. The lowest BCUT2D eigenvalue weighted by Crippen LogP contribution is -2.35. The van der Waals surface area contributed by atoms with Gasteiger partial charge in [0.05, 0.1) is 18.1 Å². The summed E-state index contributed by atoms with van der Waals surface area (Å²) >= 11 is 0. The summed E-state index contributed by atoms with van der Waals surface area (Å²) in [4.78, 5) is 28.0. The minimum absolute atomic E-state index is 0.0307. The Morgan fingerprint density at radius 2 is 1.88 bits per heavy atom. The van der Waals surface area contributed by atoms with Crippen LogP contribution in [0.3, 0.4) is 0 Å². The number of fused-ring (bicyclic) bond motifs is 2. The van der Waals surface area contributed by atoms with E-state index in [9.17, 15) is 9.59 Å². The number of aliphatic imine (C=N–C) groups is 1. The lowest BCUT2D eigenvalue weighted by atomic mass is 9.77. The van der Waals surface area contributed by atoms with Gasteiger partial charge < -0.3 is 19.9 Å². The van der Waals surface area contributed by atoms with E-state index in [1.165, 1.54) is 44.9 Å². The average molecular weight is 461 g/mol. The van der Waals surface area contributed by atoms with Crippen molar-refractivity contribution in [2.24, 2.45) is 22.7 Å². The van der Waals surface area contributed by atoms with E-state index < -0.39 is 12.0 Å². The maximum Gasteiger partial charge on any atom is 0.303 e. The van der Waals surface area contributed by atoms with E-state index in [0.29, 0.717) is 25.5 Å². The van der Waals surface area contributed by atoms with Crippen LogP contribution < -0.4 is 5.32 Å². The van der Waals surface area contributed by atoms with Crippen molar-refractivity contribution >= 4 is 17.8 Å². The monoisotopic (exact) mass is 460 g/mol. The van der Waals surface area contributed by atoms with E-state index in [1.807, 2.05) is 6.08 Å². The van der Waals surface area contributed by atoms with E-state index in [4.69, 9.17) is 14.6 Å². The summed E-state index contributed by atoms with van der Waals surface area (Å²) in [5.74, 6) is 1.16. The molecule has 33 heavy (non-hydrogen) atoms. The Labute approximate surface area is 197 Å². The van der Waals surface area contributed by atoms with Crippen LogP contribution in [0.2, 0.25) is 0 Å². The number of nitrogens with zero attached hydrogens (tertiary/aromatic N) is 1. The molecule has 1 unspecified atom stereocenters. The van der Waals surface area contributed by atoms with Crippen LogP contribution in [0, 0.1) is 17.8 Å². The zero-order valence-electron chi connectivity index (χ0n) is 19.8. The lowest BCUT2D eigenvalue weighted by molar-refractivity contribution is -0.136. The summed E-state index contributed by atoms with van der Waals surface area (Å²) in [7, 11) is 0. The summed E-state index contributed by atoms with van der Waals surface area (Å²) in [5, 5.41) is 11.8. The molecule has 184 valence electrons. The van der Waals surface area contributed by atoms with Crippen LogP contribution in [0.25, 0.3) is 0 Å². The third-order valence-corrected chi connectivity index (χ3v) is 7.85. The Hall–Kier alpha value is -1.89. The summed E-state index contributed by atoms with van der Waals surface area (Å²) in [6.45, 7) is 1.03. The van der Waals surface area contributed by atoms with E-state index >= 15 is 0 Å². The number of carboxylic acid groups (broad SMARTS) is 1. The van der Waals surface area contributed by atoms with Gasteiger partial charge in [-0.3, -0.25) is 9.59 Å².